The molecule has 0 saturated carbocycles. The Morgan fingerprint density at radius 1 is 0.726 bits per heavy atom. The zero-order chi connectivity index (χ0) is 71.3. The number of hydrogen-bond donors (Lipinski definition) is 17. The molecule has 0 unspecified atom stereocenters. The molecule has 3 aromatic rings. The Morgan fingerprint density at radius 2 is 1.29 bits per heavy atom. The van der Waals surface area contributed by atoms with Gasteiger partial charge < -0.3 is 103 Å². The Balaban J connectivity index is 0.000000631. The monoisotopic (exact) mass is 1360 g/mol. The standard InChI is InChI=1S/C47H73NO17.C12H13ClN4.C4H4FN3O.C2H4O2/c1-27-17-15-13-11-9-7-5-6-8-10-12-14-16-18-34(64-46-44(58)41(48)43(57)30(4)63-46)24-38-40(45(59)60)37(54)26-47(61,65-38)25-33(51)22-36(53)35(52)20-19-31(49)21-32(50)23-39(55)62-29(3)28(2)42(27)56;1-2-9-10(11(14)17-12(15)16-9)7-3-5-8(13)6-4-7;5-2-1-7-4(9)8-3(2)6;1-2(3)4/h5-18,27-38,40-44,46,49-54,56-58,61H,19-26,48H2,1-4H3,(H,59,60);3-6H,2H2,1H3,(H4,14,15,16,17);1H,(H3,6,7,8,9);1H3,(H,3,4)/b6-5-,9-7-,10-8-,13-11-,14-12-,17-15-,18-16-;;;/t27-,28-,29-,30+,31+,32+,33-,34-,35+,36+,37-,38-,40+,41-,42+,43+,44-,46-,47+;;;/m0.../s1. The lowest BCUT2D eigenvalue weighted by atomic mass is 9.82. The number of aliphatic hydroxyl groups is 10. The molecule has 2 aromatic heterocycles. The lowest BCUT2D eigenvalue weighted by Crippen LogP contribution is -2.61. The first-order valence-electron chi connectivity index (χ1n) is 30.7. The number of carboxylic acid groups (broad SMARTS) is 2. The summed E-state index contributed by atoms with van der Waals surface area (Å²) in [6.45, 7) is 9.83. The van der Waals surface area contributed by atoms with Gasteiger partial charge in [0.15, 0.2) is 17.9 Å². The van der Waals surface area contributed by atoms with Crippen molar-refractivity contribution in [3.8, 4) is 11.1 Å². The Kier molecular flexibility index (Phi) is 35.5. The highest BCUT2D eigenvalue weighted by Gasteiger charge is 2.51. The van der Waals surface area contributed by atoms with Crippen LogP contribution in [-0.4, -0.2) is 197 Å². The van der Waals surface area contributed by atoms with Crippen LogP contribution in [0, 0.1) is 23.6 Å². The molecule has 95 heavy (non-hydrogen) atoms. The molecule has 5 heterocycles. The number of cyclic esters (lactones) is 1. The number of nitrogens with one attached hydrogen (secondary N) is 1. The Labute approximate surface area is 555 Å². The molecule has 528 valence electrons. The van der Waals surface area contributed by atoms with Gasteiger partial charge in [-0.15, -0.1) is 0 Å². The average Bonchev–Trinajstić information content (AvgIpc) is 0.794. The SMILES string of the molecule is CC(=O)O.CCc1nc(N)nc(N)c1-c1ccc(Cl)cc1.C[C@@H]1[C@H](O)[C@@H](C)\C=C/C=C\C=C/C=C\C=C/C=C\C=C/[C@H](O[C@@H]2O[C@H](C)[C@@H](O)[C@H](N)[C@@H]2O)C[C@@H]2O[C@](O)(C[C@@H](O)C[C@@H](O)[C@H](O)CC[C@@H](O)C[C@@H](O)CC(=O)O[C@H]1C)C[C@H](O)[C@H]2C(=O)O.Nc1[nH]c(=O)ncc1F. The summed E-state index contributed by atoms with van der Waals surface area (Å²) in [7, 11) is 0. The van der Waals surface area contributed by atoms with Crippen LogP contribution in [-0.2, 0) is 39.8 Å². The Morgan fingerprint density at radius 3 is 1.84 bits per heavy atom. The third-order valence-electron chi connectivity index (χ3n) is 15.3. The van der Waals surface area contributed by atoms with Gasteiger partial charge in [0.2, 0.25) is 5.95 Å². The fraction of sp³-hybridized carbons (Fsp3) is 0.523. The van der Waals surface area contributed by atoms with Gasteiger partial charge in [-0.05, 0) is 57.2 Å². The van der Waals surface area contributed by atoms with Crippen LogP contribution in [0.4, 0.5) is 22.0 Å². The van der Waals surface area contributed by atoms with Gasteiger partial charge in [0.05, 0.1) is 91.5 Å². The van der Waals surface area contributed by atoms with E-state index in [2.05, 4.69) is 15.0 Å². The molecule has 2 saturated heterocycles. The van der Waals surface area contributed by atoms with Gasteiger partial charge in [-0.25, -0.2) is 14.2 Å². The fourth-order valence-electron chi connectivity index (χ4n) is 10.1. The maximum absolute atomic E-state index is 12.6. The molecular formula is C65H94ClFN8O20. The number of carboxylic acids is 2. The molecule has 3 aliphatic heterocycles. The summed E-state index contributed by atoms with van der Waals surface area (Å²) in [5, 5.41) is 126. The molecular weight excluding hydrogens is 1270 g/mol. The molecule has 2 bridgehead atoms. The van der Waals surface area contributed by atoms with Gasteiger partial charge in [0.25, 0.3) is 5.97 Å². The quantitative estimate of drug-likeness (QED) is 0.163. The van der Waals surface area contributed by atoms with Crippen LogP contribution in [0.15, 0.2) is 120 Å². The van der Waals surface area contributed by atoms with Gasteiger partial charge in [0, 0.05) is 55.0 Å². The Hall–Kier alpha value is -7.17. The molecule has 0 aliphatic carbocycles. The summed E-state index contributed by atoms with van der Waals surface area (Å²) in [6.07, 6.45) is 4.98. The van der Waals surface area contributed by atoms with Crippen LogP contribution in [0.2, 0.25) is 5.02 Å². The van der Waals surface area contributed by atoms with E-state index in [4.69, 9.17) is 63.4 Å². The van der Waals surface area contributed by atoms with E-state index >= 15 is 0 Å². The van der Waals surface area contributed by atoms with Crippen molar-refractivity contribution in [2.75, 3.05) is 17.2 Å². The van der Waals surface area contributed by atoms with Crippen LogP contribution in [0.3, 0.4) is 0 Å². The van der Waals surface area contributed by atoms with Crippen molar-refractivity contribution in [2.45, 2.75) is 197 Å². The second-order valence-corrected chi connectivity index (χ2v) is 23.6. The molecule has 0 amide bonds. The van der Waals surface area contributed by atoms with Crippen LogP contribution in [0.5, 0.6) is 0 Å². The molecule has 0 radical (unpaired) electrons. The molecule has 21 N–H and O–H groups in total. The number of halogens is 2. The third-order valence-corrected chi connectivity index (χ3v) is 15.6. The zero-order valence-corrected chi connectivity index (χ0v) is 54.5. The lowest BCUT2D eigenvalue weighted by molar-refractivity contribution is -0.308. The van der Waals surface area contributed by atoms with E-state index in [0.717, 1.165) is 36.4 Å². The van der Waals surface area contributed by atoms with E-state index < -0.39 is 164 Å². The minimum Gasteiger partial charge on any atom is -0.481 e. The molecule has 3 aliphatic rings. The van der Waals surface area contributed by atoms with Crippen molar-refractivity contribution in [1.29, 1.82) is 0 Å². The second-order valence-electron chi connectivity index (χ2n) is 23.2. The minimum absolute atomic E-state index is 0.107. The van der Waals surface area contributed by atoms with Gasteiger partial charge in [-0.1, -0.05) is 130 Å². The van der Waals surface area contributed by atoms with Gasteiger partial charge in [-0.2, -0.15) is 9.97 Å². The molecule has 19 atom stereocenters. The number of allylic oxidation sites excluding steroid dienone is 12. The number of carbonyl (C=O) groups is 3. The molecule has 30 heteroatoms. The summed E-state index contributed by atoms with van der Waals surface area (Å²) in [5.41, 5.74) is 24.4. The number of nitrogen functional groups attached to an aromatic ring is 3. The van der Waals surface area contributed by atoms with Crippen LogP contribution >= 0.6 is 11.6 Å². The lowest BCUT2D eigenvalue weighted by Gasteiger charge is -2.45. The number of fused-ring (bicyclic) bond motifs is 2. The number of aryl methyl sites for hydroxylation is 1. The van der Waals surface area contributed by atoms with Crippen molar-refractivity contribution in [3.63, 3.8) is 0 Å². The van der Waals surface area contributed by atoms with Crippen molar-refractivity contribution in [3.05, 3.63) is 143 Å². The highest BCUT2D eigenvalue weighted by molar-refractivity contribution is 6.30. The molecule has 28 nitrogen and oxygen atoms in total. The number of aromatic amines is 1. The number of aromatic nitrogens is 4. The number of ether oxygens (including phenoxy) is 4. The number of carbonyl (C=O) groups excluding carboxylic acids is 1. The maximum atomic E-state index is 12.6. The first-order chi connectivity index (χ1) is 44.7. The minimum atomic E-state index is -2.33. The number of aliphatic carboxylic acids is 2. The number of nitrogens with two attached hydrogens (primary N) is 4. The third kappa shape index (κ3) is 29.0. The average molecular weight is 1360 g/mol. The highest BCUT2D eigenvalue weighted by atomic mass is 35.5. The maximum Gasteiger partial charge on any atom is 0.346 e. The van der Waals surface area contributed by atoms with E-state index in [1.54, 1.807) is 80.7 Å². The van der Waals surface area contributed by atoms with Crippen LogP contribution in [0.1, 0.15) is 98.6 Å². The Bertz CT molecular complexity index is 3130. The van der Waals surface area contributed by atoms with Crippen LogP contribution < -0.4 is 28.6 Å². The van der Waals surface area contributed by atoms with E-state index in [-0.39, 0.29) is 43.4 Å². The molecule has 0 spiro atoms. The number of H-pyrrole nitrogens is 1. The van der Waals surface area contributed by atoms with Crippen LogP contribution in [0.25, 0.3) is 11.1 Å². The van der Waals surface area contributed by atoms with Crippen molar-refractivity contribution < 1.29 is 99.0 Å². The second kappa shape index (κ2) is 41.0. The van der Waals surface area contributed by atoms with E-state index in [0.29, 0.717) is 10.8 Å². The number of hydrogen-bond acceptors (Lipinski definition) is 25. The van der Waals surface area contributed by atoms with Crippen molar-refractivity contribution in [1.82, 2.24) is 19.9 Å². The largest absolute Gasteiger partial charge is 0.481 e. The summed E-state index contributed by atoms with van der Waals surface area (Å²) in [6, 6.07) is 6.27. The number of rotatable bonds is 5. The predicted molar refractivity (Wildman–Crippen MR) is 350 cm³/mol. The number of esters is 1. The van der Waals surface area contributed by atoms with Gasteiger partial charge in [-0.3, -0.25) is 19.4 Å². The smallest absolute Gasteiger partial charge is 0.346 e. The first kappa shape index (κ1) is 82.1. The fourth-order valence-corrected chi connectivity index (χ4v) is 10.2. The number of anilines is 3. The summed E-state index contributed by atoms with van der Waals surface area (Å²) in [4.78, 5) is 57.6. The number of aliphatic hydroxyl groups excluding tert-OH is 9. The van der Waals surface area contributed by atoms with Gasteiger partial charge in [0.1, 0.15) is 29.8 Å². The normalized spacial score (nSPS) is 34.2. The number of benzene rings is 1. The molecule has 6 rings (SSSR count). The van der Waals surface area contributed by atoms with Crippen molar-refractivity contribution in [2.24, 2.45) is 23.5 Å². The first-order valence-corrected chi connectivity index (χ1v) is 31.1. The zero-order valence-electron chi connectivity index (χ0n) is 53.8. The van der Waals surface area contributed by atoms with E-state index in [9.17, 15) is 74.9 Å². The summed E-state index contributed by atoms with van der Waals surface area (Å²) >= 11 is 5.86. The van der Waals surface area contributed by atoms with E-state index in [1.165, 1.54) is 13.0 Å². The van der Waals surface area contributed by atoms with Crippen molar-refractivity contribution >= 4 is 47.1 Å². The number of nitrogens with zero attached hydrogens (tertiary/aromatic N) is 3. The molecule has 1 aromatic carbocycles. The molecule has 2 fully saturated rings. The topological polar surface area (TPSA) is 507 Å². The summed E-state index contributed by atoms with van der Waals surface area (Å²) < 4.78 is 35.3. The predicted octanol–water partition coefficient (Wildman–Crippen LogP) is 2.82. The van der Waals surface area contributed by atoms with Gasteiger partial charge >= 0.3 is 17.6 Å². The highest BCUT2D eigenvalue weighted by Crippen LogP contribution is 2.38. The summed E-state index contributed by atoms with van der Waals surface area (Å²) in [5.74, 6) is -8.05. The van der Waals surface area contributed by atoms with E-state index in [1.807, 2.05) is 55.2 Å².